The highest BCUT2D eigenvalue weighted by Crippen LogP contribution is 1.98. The van der Waals surface area contributed by atoms with Crippen molar-refractivity contribution in [3.05, 3.63) is 0 Å². The summed E-state index contributed by atoms with van der Waals surface area (Å²) in [5.74, 6) is 0. The molecule has 0 aromatic carbocycles. The van der Waals surface area contributed by atoms with Crippen molar-refractivity contribution in [2.75, 3.05) is 20.7 Å². The van der Waals surface area contributed by atoms with Gasteiger partial charge in [0.15, 0.2) is 6.29 Å². The average Bonchev–Trinajstić information content (AvgIpc) is 2.14. The predicted molar refractivity (Wildman–Crippen MR) is 49.2 cm³/mol. The quantitative estimate of drug-likeness (QED) is 0.549. The molecule has 0 heterocycles. The first kappa shape index (κ1) is 12.8. The lowest BCUT2D eigenvalue weighted by molar-refractivity contribution is -0.222. The van der Waals surface area contributed by atoms with Crippen LogP contribution in [0.5, 0.6) is 0 Å². The standard InChI is InChI=1S/C9H20O4/c1-5-8(2)11-7-13-9(3)12-6-10-4/h8-9H,5-7H2,1-4H3. The maximum absolute atomic E-state index is 5.30. The van der Waals surface area contributed by atoms with E-state index in [1.807, 2.05) is 6.92 Å². The number of methoxy groups -OCH3 is 1. The Kier molecular flexibility index (Phi) is 8.33. The van der Waals surface area contributed by atoms with Crippen molar-refractivity contribution in [3.8, 4) is 0 Å². The van der Waals surface area contributed by atoms with Gasteiger partial charge in [-0.2, -0.15) is 0 Å². The fraction of sp³-hybridized carbons (Fsp3) is 1.00. The van der Waals surface area contributed by atoms with E-state index in [1.54, 1.807) is 14.0 Å². The highest BCUT2D eigenvalue weighted by molar-refractivity contribution is 4.40. The van der Waals surface area contributed by atoms with Crippen molar-refractivity contribution in [3.63, 3.8) is 0 Å². The first-order valence-electron chi connectivity index (χ1n) is 4.54. The Hall–Kier alpha value is -0.160. The van der Waals surface area contributed by atoms with Gasteiger partial charge in [0.1, 0.15) is 13.6 Å². The second-order valence-electron chi connectivity index (χ2n) is 2.81. The molecule has 4 heteroatoms. The minimum Gasteiger partial charge on any atom is -0.359 e. The Morgan fingerprint density at radius 1 is 1.00 bits per heavy atom. The summed E-state index contributed by atoms with van der Waals surface area (Å²) >= 11 is 0. The van der Waals surface area contributed by atoms with Crippen LogP contribution in [-0.2, 0) is 18.9 Å². The molecule has 0 amide bonds. The van der Waals surface area contributed by atoms with Gasteiger partial charge in [-0.05, 0) is 20.3 Å². The third-order valence-electron chi connectivity index (χ3n) is 1.65. The van der Waals surface area contributed by atoms with E-state index in [2.05, 4.69) is 6.92 Å². The molecule has 0 aromatic rings. The lowest BCUT2D eigenvalue weighted by Gasteiger charge is -2.15. The van der Waals surface area contributed by atoms with Gasteiger partial charge in [-0.1, -0.05) is 6.92 Å². The molecule has 0 bridgehead atoms. The Labute approximate surface area is 80.1 Å². The lowest BCUT2D eigenvalue weighted by atomic mass is 10.3. The van der Waals surface area contributed by atoms with Gasteiger partial charge in [0, 0.05) is 7.11 Å². The van der Waals surface area contributed by atoms with E-state index < -0.39 is 0 Å². The fourth-order valence-electron chi connectivity index (χ4n) is 0.581. The second kappa shape index (κ2) is 8.44. The summed E-state index contributed by atoms with van der Waals surface area (Å²) in [5, 5.41) is 0. The molecule has 0 N–H and O–H groups in total. The molecule has 0 aliphatic carbocycles. The third kappa shape index (κ3) is 8.18. The molecule has 4 nitrogen and oxygen atoms in total. The second-order valence-corrected chi connectivity index (χ2v) is 2.81. The monoisotopic (exact) mass is 192 g/mol. The van der Waals surface area contributed by atoms with E-state index in [0.29, 0.717) is 0 Å². The van der Waals surface area contributed by atoms with Gasteiger partial charge in [0.25, 0.3) is 0 Å². The molecule has 2 atom stereocenters. The van der Waals surface area contributed by atoms with Gasteiger partial charge in [-0.15, -0.1) is 0 Å². The molecule has 0 radical (unpaired) electrons. The van der Waals surface area contributed by atoms with Gasteiger partial charge < -0.3 is 18.9 Å². The normalized spacial score (nSPS) is 15.7. The van der Waals surface area contributed by atoms with Gasteiger partial charge in [-0.25, -0.2) is 0 Å². The summed E-state index contributed by atoms with van der Waals surface area (Å²) in [7, 11) is 1.57. The molecule has 0 aliphatic rings. The van der Waals surface area contributed by atoms with E-state index in [-0.39, 0.29) is 26.0 Å². The van der Waals surface area contributed by atoms with Gasteiger partial charge in [-0.3, -0.25) is 0 Å². The topological polar surface area (TPSA) is 36.9 Å². The molecule has 0 rings (SSSR count). The third-order valence-corrected chi connectivity index (χ3v) is 1.65. The molecule has 13 heavy (non-hydrogen) atoms. The fourth-order valence-corrected chi connectivity index (χ4v) is 0.581. The summed E-state index contributed by atoms with van der Waals surface area (Å²) in [6.45, 7) is 6.38. The van der Waals surface area contributed by atoms with Crippen LogP contribution in [0.4, 0.5) is 0 Å². The largest absolute Gasteiger partial charge is 0.359 e. The van der Waals surface area contributed by atoms with Gasteiger partial charge in [0.2, 0.25) is 0 Å². The zero-order valence-electron chi connectivity index (χ0n) is 8.91. The zero-order chi connectivity index (χ0) is 10.1. The minimum atomic E-state index is -0.288. The highest BCUT2D eigenvalue weighted by Gasteiger charge is 2.02. The summed E-state index contributed by atoms with van der Waals surface area (Å²) < 4.78 is 20.3. The molecule has 0 spiro atoms. The summed E-state index contributed by atoms with van der Waals surface area (Å²) in [6, 6.07) is 0. The molecule has 0 saturated heterocycles. The molecule has 0 fully saturated rings. The lowest BCUT2D eigenvalue weighted by Crippen LogP contribution is -2.18. The predicted octanol–water partition coefficient (Wildman–Crippen LogP) is 1.74. The van der Waals surface area contributed by atoms with E-state index in [9.17, 15) is 0 Å². The van der Waals surface area contributed by atoms with E-state index >= 15 is 0 Å². The number of ether oxygens (including phenoxy) is 4. The van der Waals surface area contributed by atoms with Crippen LogP contribution in [0.2, 0.25) is 0 Å². The number of hydrogen-bond acceptors (Lipinski definition) is 4. The van der Waals surface area contributed by atoms with Crippen molar-refractivity contribution in [2.45, 2.75) is 39.6 Å². The smallest absolute Gasteiger partial charge is 0.160 e. The SMILES string of the molecule is CCC(C)OCOC(C)OCOC. The number of hydrogen-bond donors (Lipinski definition) is 0. The van der Waals surface area contributed by atoms with Crippen LogP contribution >= 0.6 is 0 Å². The Balaban J connectivity index is 3.21. The van der Waals surface area contributed by atoms with Crippen molar-refractivity contribution < 1.29 is 18.9 Å². The van der Waals surface area contributed by atoms with Crippen molar-refractivity contribution >= 4 is 0 Å². The van der Waals surface area contributed by atoms with Crippen LogP contribution in [-0.4, -0.2) is 33.1 Å². The van der Waals surface area contributed by atoms with Crippen LogP contribution in [0.15, 0.2) is 0 Å². The van der Waals surface area contributed by atoms with Crippen LogP contribution < -0.4 is 0 Å². The van der Waals surface area contributed by atoms with Crippen LogP contribution in [0.1, 0.15) is 27.2 Å². The molecule has 0 aromatic heterocycles. The molecule has 0 aliphatic heterocycles. The minimum absolute atomic E-state index is 0.231. The maximum atomic E-state index is 5.30. The number of rotatable bonds is 8. The first-order valence-corrected chi connectivity index (χ1v) is 4.54. The van der Waals surface area contributed by atoms with E-state index in [4.69, 9.17) is 18.9 Å². The van der Waals surface area contributed by atoms with Crippen LogP contribution in [0.25, 0.3) is 0 Å². The molecule has 0 saturated carbocycles. The molecule has 2 unspecified atom stereocenters. The Morgan fingerprint density at radius 3 is 2.15 bits per heavy atom. The Bertz CT molecular complexity index is 108. The highest BCUT2D eigenvalue weighted by atomic mass is 16.8. The van der Waals surface area contributed by atoms with Crippen LogP contribution in [0, 0.1) is 0 Å². The average molecular weight is 192 g/mol. The summed E-state index contributed by atoms with van der Waals surface area (Å²) in [5.41, 5.74) is 0. The van der Waals surface area contributed by atoms with Gasteiger partial charge >= 0.3 is 0 Å². The van der Waals surface area contributed by atoms with Crippen molar-refractivity contribution in [2.24, 2.45) is 0 Å². The summed E-state index contributed by atoms with van der Waals surface area (Å²) in [4.78, 5) is 0. The summed E-state index contributed by atoms with van der Waals surface area (Å²) in [6.07, 6.45) is 0.926. The van der Waals surface area contributed by atoms with Crippen LogP contribution in [0.3, 0.4) is 0 Å². The van der Waals surface area contributed by atoms with E-state index in [0.717, 1.165) is 6.42 Å². The molecule has 80 valence electrons. The van der Waals surface area contributed by atoms with Crippen molar-refractivity contribution in [1.29, 1.82) is 0 Å². The Morgan fingerprint density at radius 2 is 1.62 bits per heavy atom. The molecular formula is C9H20O4. The first-order chi connectivity index (χ1) is 6.20. The van der Waals surface area contributed by atoms with Gasteiger partial charge in [0.05, 0.1) is 6.10 Å². The zero-order valence-corrected chi connectivity index (χ0v) is 8.91. The van der Waals surface area contributed by atoms with Crippen molar-refractivity contribution in [1.82, 2.24) is 0 Å². The van der Waals surface area contributed by atoms with E-state index in [1.165, 1.54) is 0 Å². The molecular weight excluding hydrogens is 172 g/mol. The maximum Gasteiger partial charge on any atom is 0.160 e.